The average molecular weight is 347 g/mol. The third-order valence-electron chi connectivity index (χ3n) is 4.10. The third kappa shape index (κ3) is 2.29. The topological polar surface area (TPSA) is 0 Å². The van der Waals surface area contributed by atoms with Crippen LogP contribution in [0, 0.1) is 6.08 Å². The Hall–Kier alpha value is -2.21. The molecule has 0 unspecified atom stereocenters. The summed E-state index contributed by atoms with van der Waals surface area (Å²) in [4.78, 5) is 0. The summed E-state index contributed by atoms with van der Waals surface area (Å²) >= 11 is 0. The Kier molecular flexibility index (Phi) is 3.94. The summed E-state index contributed by atoms with van der Waals surface area (Å²) in [5.74, 6) is 0. The molecule has 0 spiro atoms. The van der Waals surface area contributed by atoms with Crippen LogP contribution in [-0.4, -0.2) is 0 Å². The van der Waals surface area contributed by atoms with E-state index in [2.05, 4.69) is 97.1 Å². The Balaban J connectivity index is 0.00000144. The Bertz CT molecular complexity index is 734. The molecule has 0 fully saturated rings. The van der Waals surface area contributed by atoms with Crippen molar-refractivity contribution in [2.45, 2.75) is 5.41 Å². The minimum absolute atomic E-state index is 0. The zero-order valence-electron chi connectivity index (χ0n) is 12.0. The molecule has 1 aliphatic carbocycles. The van der Waals surface area contributed by atoms with Crippen molar-refractivity contribution in [2.75, 3.05) is 0 Å². The summed E-state index contributed by atoms with van der Waals surface area (Å²) in [6, 6.07) is 31.8. The highest BCUT2D eigenvalue weighted by Crippen LogP contribution is 2.55. The highest BCUT2D eigenvalue weighted by atomic mass is 79.9. The molecule has 106 valence electrons. The Labute approximate surface area is 141 Å². The van der Waals surface area contributed by atoms with Crippen molar-refractivity contribution in [3.8, 4) is 0 Å². The number of benzene rings is 3. The van der Waals surface area contributed by atoms with E-state index in [1.807, 2.05) is 0 Å². The van der Waals surface area contributed by atoms with E-state index >= 15 is 0 Å². The quantitative estimate of drug-likeness (QED) is 0.635. The molecule has 0 saturated heterocycles. The second-order valence-corrected chi connectivity index (χ2v) is 5.35. The van der Waals surface area contributed by atoms with Crippen molar-refractivity contribution in [1.82, 2.24) is 0 Å². The van der Waals surface area contributed by atoms with Crippen LogP contribution in [-0.2, 0) is 5.41 Å². The molecule has 0 N–H and O–H groups in total. The van der Waals surface area contributed by atoms with E-state index in [4.69, 9.17) is 0 Å². The second-order valence-electron chi connectivity index (χ2n) is 5.35. The fourth-order valence-corrected chi connectivity index (χ4v) is 3.03. The highest BCUT2D eigenvalue weighted by Gasteiger charge is 2.61. The van der Waals surface area contributed by atoms with Gasteiger partial charge in [-0.3, -0.25) is 0 Å². The van der Waals surface area contributed by atoms with Crippen molar-refractivity contribution < 1.29 is 17.0 Å². The van der Waals surface area contributed by atoms with Gasteiger partial charge in [-0.1, -0.05) is 66.7 Å². The molecule has 0 aromatic heterocycles. The first-order valence-corrected chi connectivity index (χ1v) is 7.23. The van der Waals surface area contributed by atoms with Gasteiger partial charge in [0.15, 0.2) is 0 Å². The molecule has 0 bridgehead atoms. The predicted molar refractivity (Wildman–Crippen MR) is 86.8 cm³/mol. The molecule has 3 aromatic rings. The molecule has 0 atom stereocenters. The van der Waals surface area contributed by atoms with Crippen LogP contribution in [0.25, 0.3) is 5.57 Å². The number of hydrogen-bond donors (Lipinski definition) is 0. The normalized spacial score (nSPS) is 14.3. The molecule has 0 amide bonds. The average Bonchev–Trinajstić information content (AvgIpc) is 3.34. The number of rotatable bonds is 3. The summed E-state index contributed by atoms with van der Waals surface area (Å²) in [6.07, 6.45) is 3.65. The maximum absolute atomic E-state index is 3.65. The van der Waals surface area contributed by atoms with E-state index in [1.165, 1.54) is 22.3 Å². The molecule has 3 aromatic carbocycles. The maximum Gasteiger partial charge on any atom is 0.229 e. The minimum atomic E-state index is -0.177. The predicted octanol–water partition coefficient (Wildman–Crippen LogP) is 1.88. The van der Waals surface area contributed by atoms with Crippen LogP contribution >= 0.6 is 0 Å². The van der Waals surface area contributed by atoms with Gasteiger partial charge in [0.25, 0.3) is 0 Å². The number of halogens is 1. The fraction of sp³-hybridized carbons (Fsp3) is 0.0476. The van der Waals surface area contributed by atoms with E-state index in [9.17, 15) is 0 Å². The molecular formula is C21H15Br. The van der Waals surface area contributed by atoms with Crippen molar-refractivity contribution >= 4 is 5.57 Å². The lowest BCUT2D eigenvalue weighted by Gasteiger charge is -2.11. The highest BCUT2D eigenvalue weighted by molar-refractivity contribution is 5.92. The van der Waals surface area contributed by atoms with Crippen LogP contribution in [0.4, 0.5) is 0 Å². The number of hydrogen-bond acceptors (Lipinski definition) is 0. The maximum atomic E-state index is 3.65. The largest absolute Gasteiger partial charge is 1.00 e. The van der Waals surface area contributed by atoms with Gasteiger partial charge in [-0.15, -0.1) is 0 Å². The zero-order valence-corrected chi connectivity index (χ0v) is 13.6. The van der Waals surface area contributed by atoms with Crippen LogP contribution in [0.3, 0.4) is 0 Å². The third-order valence-corrected chi connectivity index (χ3v) is 4.10. The van der Waals surface area contributed by atoms with Gasteiger partial charge in [-0.2, -0.15) is 0 Å². The Morgan fingerprint density at radius 3 is 1.41 bits per heavy atom. The molecule has 0 radical (unpaired) electrons. The van der Waals surface area contributed by atoms with Crippen molar-refractivity contribution in [3.05, 3.63) is 114 Å². The second kappa shape index (κ2) is 5.88. The molecule has 0 saturated carbocycles. The summed E-state index contributed by atoms with van der Waals surface area (Å²) in [5, 5.41) is 0. The van der Waals surface area contributed by atoms with Gasteiger partial charge in [-0.05, 0) is 12.1 Å². The molecular weight excluding hydrogens is 332 g/mol. The van der Waals surface area contributed by atoms with Gasteiger partial charge in [0.1, 0.15) is 5.56 Å². The first-order chi connectivity index (χ1) is 10.4. The molecule has 1 aliphatic rings. The summed E-state index contributed by atoms with van der Waals surface area (Å²) in [6.45, 7) is 0. The fourth-order valence-electron chi connectivity index (χ4n) is 3.03. The molecule has 22 heavy (non-hydrogen) atoms. The van der Waals surface area contributed by atoms with Gasteiger partial charge in [0.2, 0.25) is 11.0 Å². The van der Waals surface area contributed by atoms with Gasteiger partial charge in [0.05, 0.1) is 6.08 Å². The Morgan fingerprint density at radius 2 is 0.955 bits per heavy atom. The van der Waals surface area contributed by atoms with Crippen LogP contribution in [0.1, 0.15) is 16.7 Å². The summed E-state index contributed by atoms with van der Waals surface area (Å²) in [5.41, 5.74) is 4.93. The standard InChI is InChI=1S/C21H15.BrH/c1-4-10-17(11-5-1)20-16-21(20,18-12-6-2-7-13-18)19-14-8-3-9-15-19;/h1-15H;1H/q+1;/p-1. The lowest BCUT2D eigenvalue weighted by molar-refractivity contribution is -0.00000400. The van der Waals surface area contributed by atoms with Crippen molar-refractivity contribution in [2.24, 2.45) is 0 Å². The molecule has 0 heterocycles. The number of allylic oxidation sites excluding steroid dienone is 2. The van der Waals surface area contributed by atoms with Crippen molar-refractivity contribution in [1.29, 1.82) is 0 Å². The SMILES string of the molecule is [Br-].[C+]1=C(c2ccccc2)C1(c1ccccc1)c1ccccc1. The van der Waals surface area contributed by atoms with Gasteiger partial charge >= 0.3 is 0 Å². The van der Waals surface area contributed by atoms with Crippen LogP contribution in [0.15, 0.2) is 91.0 Å². The molecule has 1 heteroatoms. The van der Waals surface area contributed by atoms with Crippen LogP contribution < -0.4 is 17.0 Å². The monoisotopic (exact) mass is 346 g/mol. The van der Waals surface area contributed by atoms with Crippen molar-refractivity contribution in [3.63, 3.8) is 0 Å². The molecule has 0 nitrogen and oxygen atoms in total. The van der Waals surface area contributed by atoms with E-state index in [-0.39, 0.29) is 22.4 Å². The van der Waals surface area contributed by atoms with E-state index in [0.717, 1.165) is 0 Å². The smallest absolute Gasteiger partial charge is 0.229 e. The van der Waals surface area contributed by atoms with Gasteiger partial charge < -0.3 is 17.0 Å². The summed E-state index contributed by atoms with van der Waals surface area (Å²) < 4.78 is 0. The molecule has 0 aliphatic heterocycles. The van der Waals surface area contributed by atoms with E-state index in [0.29, 0.717) is 0 Å². The van der Waals surface area contributed by atoms with E-state index in [1.54, 1.807) is 0 Å². The van der Waals surface area contributed by atoms with Gasteiger partial charge in [-0.25, -0.2) is 0 Å². The van der Waals surface area contributed by atoms with E-state index < -0.39 is 0 Å². The first-order valence-electron chi connectivity index (χ1n) is 7.23. The molecule has 4 rings (SSSR count). The zero-order chi connectivity index (χ0) is 14.1. The first kappa shape index (κ1) is 14.7. The van der Waals surface area contributed by atoms with Crippen LogP contribution in [0.2, 0.25) is 0 Å². The summed E-state index contributed by atoms with van der Waals surface area (Å²) in [7, 11) is 0. The lowest BCUT2D eigenvalue weighted by atomic mass is 9.82. The Morgan fingerprint density at radius 1 is 0.545 bits per heavy atom. The van der Waals surface area contributed by atoms with Crippen LogP contribution in [0.5, 0.6) is 0 Å². The minimum Gasteiger partial charge on any atom is -1.00 e. The van der Waals surface area contributed by atoms with Gasteiger partial charge in [0, 0.05) is 23.3 Å². The lowest BCUT2D eigenvalue weighted by Crippen LogP contribution is -3.00.